The van der Waals surface area contributed by atoms with Crippen molar-refractivity contribution in [3.63, 3.8) is 0 Å². The molecule has 0 aliphatic rings. The highest BCUT2D eigenvalue weighted by atomic mass is 79.9. The first-order valence-electron chi connectivity index (χ1n) is 10.6. The van der Waals surface area contributed by atoms with E-state index in [9.17, 15) is 10.1 Å². The van der Waals surface area contributed by atoms with Crippen LogP contribution in [0.15, 0.2) is 69.1 Å². The molecular weight excluding hydrogens is 560 g/mol. The van der Waals surface area contributed by atoms with E-state index in [2.05, 4.69) is 37.2 Å². The first-order valence-corrected chi connectivity index (χ1v) is 12.2. The summed E-state index contributed by atoms with van der Waals surface area (Å²) in [5, 5.41) is 12.5. The molecule has 34 heavy (non-hydrogen) atoms. The maximum absolute atomic E-state index is 12.8. The van der Waals surface area contributed by atoms with Crippen LogP contribution in [0, 0.1) is 25.2 Å². The van der Waals surface area contributed by atoms with E-state index in [0.717, 1.165) is 21.2 Å². The van der Waals surface area contributed by atoms with Crippen LogP contribution in [0.5, 0.6) is 11.5 Å². The molecule has 0 fully saturated rings. The maximum Gasteiger partial charge on any atom is 0.266 e. The average molecular weight is 584 g/mol. The van der Waals surface area contributed by atoms with Crippen LogP contribution in [0.3, 0.4) is 0 Å². The molecule has 0 aromatic heterocycles. The van der Waals surface area contributed by atoms with E-state index in [1.165, 1.54) is 6.08 Å². The summed E-state index contributed by atoms with van der Waals surface area (Å²) in [7, 11) is 0. The number of anilines is 1. The van der Waals surface area contributed by atoms with Crippen molar-refractivity contribution >= 4 is 49.5 Å². The average Bonchev–Trinajstić information content (AvgIpc) is 2.81. The minimum absolute atomic E-state index is 0.0216. The van der Waals surface area contributed by atoms with Crippen LogP contribution in [0.25, 0.3) is 6.08 Å². The van der Waals surface area contributed by atoms with Gasteiger partial charge in [0.25, 0.3) is 5.91 Å². The van der Waals surface area contributed by atoms with E-state index in [1.807, 2.05) is 69.3 Å². The molecule has 0 spiro atoms. The first-order chi connectivity index (χ1) is 16.3. The van der Waals surface area contributed by atoms with Crippen LogP contribution in [-0.4, -0.2) is 12.5 Å². The molecule has 7 heteroatoms. The lowest BCUT2D eigenvalue weighted by Crippen LogP contribution is -2.14. The fourth-order valence-corrected chi connectivity index (χ4v) is 3.93. The number of nitrogens with zero attached hydrogens (tertiary/aromatic N) is 1. The van der Waals surface area contributed by atoms with Crippen LogP contribution in [-0.2, 0) is 11.4 Å². The molecule has 0 radical (unpaired) electrons. The minimum atomic E-state index is -0.477. The van der Waals surface area contributed by atoms with Crippen molar-refractivity contribution in [3.8, 4) is 17.6 Å². The molecule has 0 heterocycles. The molecule has 5 nitrogen and oxygen atoms in total. The van der Waals surface area contributed by atoms with E-state index in [-0.39, 0.29) is 5.57 Å². The van der Waals surface area contributed by atoms with Crippen molar-refractivity contribution in [2.24, 2.45) is 0 Å². The second kappa shape index (κ2) is 11.9. The Hall–Kier alpha value is -3.08. The summed E-state index contributed by atoms with van der Waals surface area (Å²) in [6.45, 7) is 6.60. The highest BCUT2D eigenvalue weighted by Crippen LogP contribution is 2.35. The molecule has 3 aromatic rings. The number of benzene rings is 3. The summed E-state index contributed by atoms with van der Waals surface area (Å²) in [5.74, 6) is 0.614. The van der Waals surface area contributed by atoms with Crippen molar-refractivity contribution in [3.05, 3.63) is 91.4 Å². The van der Waals surface area contributed by atoms with Crippen molar-refractivity contribution in [1.82, 2.24) is 0 Å². The molecule has 0 aliphatic heterocycles. The van der Waals surface area contributed by atoms with E-state index >= 15 is 0 Å². The zero-order valence-electron chi connectivity index (χ0n) is 19.1. The molecule has 1 N–H and O–H groups in total. The summed E-state index contributed by atoms with van der Waals surface area (Å²) in [4.78, 5) is 12.8. The number of ether oxygens (including phenoxy) is 2. The maximum atomic E-state index is 12.8. The van der Waals surface area contributed by atoms with Crippen LogP contribution >= 0.6 is 31.9 Å². The number of hydrogen-bond acceptors (Lipinski definition) is 4. The monoisotopic (exact) mass is 582 g/mol. The number of halogens is 2. The molecule has 0 unspecified atom stereocenters. The number of carbonyl (C=O) groups excluding carboxylic acids is 1. The lowest BCUT2D eigenvalue weighted by molar-refractivity contribution is -0.112. The van der Waals surface area contributed by atoms with Gasteiger partial charge in [-0.3, -0.25) is 4.79 Å². The Morgan fingerprint density at radius 1 is 1.03 bits per heavy atom. The van der Waals surface area contributed by atoms with Gasteiger partial charge in [0.05, 0.1) is 6.61 Å². The molecule has 0 saturated carbocycles. The quantitative estimate of drug-likeness (QED) is 0.222. The Labute approximate surface area is 216 Å². The highest BCUT2D eigenvalue weighted by molar-refractivity contribution is 9.10. The normalized spacial score (nSPS) is 11.0. The smallest absolute Gasteiger partial charge is 0.266 e. The summed E-state index contributed by atoms with van der Waals surface area (Å²) in [6.07, 6.45) is 1.53. The van der Waals surface area contributed by atoms with Gasteiger partial charge in [0.15, 0.2) is 11.5 Å². The first kappa shape index (κ1) is 25.5. The largest absolute Gasteiger partial charge is 0.490 e. The van der Waals surface area contributed by atoms with Crippen LogP contribution < -0.4 is 14.8 Å². The topological polar surface area (TPSA) is 71.3 Å². The van der Waals surface area contributed by atoms with Crippen molar-refractivity contribution in [1.29, 1.82) is 5.26 Å². The zero-order chi connectivity index (χ0) is 24.7. The Morgan fingerprint density at radius 3 is 2.38 bits per heavy atom. The van der Waals surface area contributed by atoms with Gasteiger partial charge in [-0.05, 0) is 73.9 Å². The predicted molar refractivity (Wildman–Crippen MR) is 142 cm³/mol. The van der Waals surface area contributed by atoms with Crippen molar-refractivity contribution in [2.45, 2.75) is 27.4 Å². The summed E-state index contributed by atoms with van der Waals surface area (Å²) in [5.41, 5.74) is 4.32. The highest BCUT2D eigenvalue weighted by Gasteiger charge is 2.15. The lowest BCUT2D eigenvalue weighted by atomic mass is 10.1. The standard InChI is InChI=1S/C27H24Br2N2O3/c1-4-33-25-13-20(23(29)14-26(25)34-16-19-6-8-22(28)9-7-19)12-21(15-30)27(32)31-24-10-5-17(2)11-18(24)3/h5-14H,4,16H2,1-3H3,(H,31,32)/b21-12+. The second-order valence-electron chi connectivity index (χ2n) is 7.61. The lowest BCUT2D eigenvalue weighted by Gasteiger charge is -2.14. The molecule has 0 aliphatic carbocycles. The summed E-state index contributed by atoms with van der Waals surface area (Å²) in [6, 6.07) is 19.1. The number of rotatable bonds is 8. The number of nitrogens with one attached hydrogen (secondary N) is 1. The number of hydrogen-bond donors (Lipinski definition) is 1. The van der Waals surface area contributed by atoms with Crippen LogP contribution in [0.2, 0.25) is 0 Å². The third-order valence-corrected chi connectivity index (χ3v) is 6.18. The Kier molecular flexibility index (Phi) is 8.91. The van der Waals surface area contributed by atoms with Crippen molar-refractivity contribution in [2.75, 3.05) is 11.9 Å². The Morgan fingerprint density at radius 2 is 1.74 bits per heavy atom. The van der Waals surface area contributed by atoms with Gasteiger partial charge in [0, 0.05) is 14.6 Å². The van der Waals surface area contributed by atoms with Crippen LogP contribution in [0.1, 0.15) is 29.2 Å². The Balaban J connectivity index is 1.85. The third kappa shape index (κ3) is 6.72. The molecule has 3 rings (SSSR count). The van der Waals surface area contributed by atoms with Gasteiger partial charge in [0.1, 0.15) is 18.2 Å². The van der Waals surface area contributed by atoms with Gasteiger partial charge in [0.2, 0.25) is 0 Å². The van der Waals surface area contributed by atoms with Gasteiger partial charge >= 0.3 is 0 Å². The molecule has 1 amide bonds. The van der Waals surface area contributed by atoms with Crippen molar-refractivity contribution < 1.29 is 14.3 Å². The van der Waals surface area contributed by atoms with E-state index in [4.69, 9.17) is 9.47 Å². The number of nitriles is 1. The number of aryl methyl sites for hydroxylation is 2. The minimum Gasteiger partial charge on any atom is -0.490 e. The SMILES string of the molecule is CCOc1cc(/C=C(\C#N)C(=O)Nc2ccc(C)cc2C)c(Br)cc1OCc1ccc(Br)cc1. The molecule has 174 valence electrons. The second-order valence-corrected chi connectivity index (χ2v) is 9.38. The van der Waals surface area contributed by atoms with Gasteiger partial charge in [-0.1, -0.05) is 61.7 Å². The fraction of sp³-hybridized carbons (Fsp3) is 0.185. The number of amides is 1. The Bertz CT molecular complexity index is 1260. The van der Waals surface area contributed by atoms with Gasteiger partial charge < -0.3 is 14.8 Å². The van der Waals surface area contributed by atoms with Crippen LogP contribution in [0.4, 0.5) is 5.69 Å². The van der Waals surface area contributed by atoms with E-state index in [0.29, 0.717) is 40.4 Å². The molecule has 0 saturated heterocycles. The fourth-order valence-electron chi connectivity index (χ4n) is 3.23. The van der Waals surface area contributed by atoms with Gasteiger partial charge in [-0.2, -0.15) is 5.26 Å². The zero-order valence-corrected chi connectivity index (χ0v) is 22.3. The number of carbonyl (C=O) groups is 1. The van der Waals surface area contributed by atoms with Gasteiger partial charge in [-0.25, -0.2) is 0 Å². The van der Waals surface area contributed by atoms with E-state index < -0.39 is 5.91 Å². The van der Waals surface area contributed by atoms with E-state index in [1.54, 1.807) is 12.1 Å². The summed E-state index contributed by atoms with van der Waals surface area (Å²) >= 11 is 6.96. The third-order valence-electron chi connectivity index (χ3n) is 4.97. The molecule has 3 aromatic carbocycles. The molecule has 0 bridgehead atoms. The summed E-state index contributed by atoms with van der Waals surface area (Å²) < 4.78 is 13.4. The molecular formula is C27H24Br2N2O3. The predicted octanol–water partition coefficient (Wildman–Crippen LogP) is 7.35. The van der Waals surface area contributed by atoms with Gasteiger partial charge in [-0.15, -0.1) is 0 Å². The molecule has 0 atom stereocenters.